The summed E-state index contributed by atoms with van der Waals surface area (Å²) in [6, 6.07) is 31.4. The minimum atomic E-state index is -0.481. The van der Waals surface area contributed by atoms with Gasteiger partial charge in [-0.25, -0.2) is 9.97 Å². The molecule has 1 atom stereocenters. The summed E-state index contributed by atoms with van der Waals surface area (Å²) in [5.74, 6) is 2.59. The molecule has 1 unspecified atom stereocenters. The molecule has 0 spiro atoms. The zero-order chi connectivity index (χ0) is 30.7. The number of aromatic nitrogens is 6. The molecular weight excluding hydrogens is 568 g/mol. The van der Waals surface area contributed by atoms with Crippen LogP contribution in [0.3, 0.4) is 0 Å². The minimum Gasteiger partial charge on any atom is -0.482 e. The topological polar surface area (TPSA) is 53.7 Å². The van der Waals surface area contributed by atoms with Crippen molar-refractivity contribution in [3.63, 3.8) is 0 Å². The number of ether oxygens (including phenoxy) is 1. The molecule has 1 aliphatic carbocycles. The number of para-hydroxylation sites is 6. The Morgan fingerprint density at radius 1 is 0.717 bits per heavy atom. The van der Waals surface area contributed by atoms with E-state index in [0.717, 1.165) is 90.7 Å². The third-order valence-corrected chi connectivity index (χ3v) is 9.65. The van der Waals surface area contributed by atoms with E-state index in [-0.39, 0.29) is 0 Å². The number of benzene rings is 4. The quantitative estimate of drug-likeness (QED) is 0.204. The van der Waals surface area contributed by atoms with Gasteiger partial charge in [-0.15, -0.1) is 0 Å². The minimum absolute atomic E-state index is 0.481. The third kappa shape index (κ3) is 3.11. The number of fused-ring (bicyclic) bond motifs is 11. The fourth-order valence-corrected chi connectivity index (χ4v) is 7.57. The van der Waals surface area contributed by atoms with Gasteiger partial charge in [-0.2, -0.15) is 0 Å². The summed E-state index contributed by atoms with van der Waals surface area (Å²) < 4.78 is 15.5. The van der Waals surface area contributed by atoms with Gasteiger partial charge in [-0.05, 0) is 79.7 Å². The van der Waals surface area contributed by atoms with Crippen LogP contribution in [0, 0.1) is 0 Å². The Labute approximate surface area is 263 Å². The summed E-state index contributed by atoms with van der Waals surface area (Å²) in [7, 11) is 0. The highest BCUT2D eigenvalue weighted by molar-refractivity contribution is 5.97. The molecule has 0 saturated heterocycles. The molecule has 8 aromatic rings. The molecule has 0 amide bonds. The van der Waals surface area contributed by atoms with E-state index in [4.69, 9.17) is 14.7 Å². The van der Waals surface area contributed by atoms with Crippen molar-refractivity contribution in [3.8, 4) is 11.4 Å². The first-order valence-corrected chi connectivity index (χ1v) is 15.5. The van der Waals surface area contributed by atoms with Crippen molar-refractivity contribution in [2.24, 2.45) is 0 Å². The maximum atomic E-state index is 6.69. The standard InChI is InChI=1S/C39H28N6O/c1-4-30-31(5-2)44-32-14-8-6-12-28(32)40-37(44)42(30)24-18-19-36-26(22-24)27-23-25(20-21-39(27,3)46-36)43-34-16-10-11-17-35(34)45-33-15-9-7-13-29(33)41-38(43)45/h4-20,22-23H,1-2,21H2,3H3. The Morgan fingerprint density at radius 3 is 2.07 bits per heavy atom. The zero-order valence-electron chi connectivity index (χ0n) is 25.2. The first-order chi connectivity index (χ1) is 22.6. The van der Waals surface area contributed by atoms with Crippen LogP contribution in [-0.2, 0) is 0 Å². The summed E-state index contributed by atoms with van der Waals surface area (Å²) in [5, 5.41) is 0. The molecule has 10 rings (SSSR count). The predicted molar refractivity (Wildman–Crippen MR) is 186 cm³/mol. The summed E-state index contributed by atoms with van der Waals surface area (Å²) in [6.07, 6.45) is 9.05. The molecule has 0 N–H and O–H groups in total. The first-order valence-electron chi connectivity index (χ1n) is 15.5. The molecule has 7 heteroatoms. The Bertz CT molecular complexity index is 2710. The first kappa shape index (κ1) is 25.3. The number of rotatable bonds is 4. The molecule has 46 heavy (non-hydrogen) atoms. The molecule has 0 bridgehead atoms. The van der Waals surface area contributed by atoms with Gasteiger partial charge in [-0.1, -0.05) is 55.6 Å². The Balaban J connectivity index is 1.19. The van der Waals surface area contributed by atoms with E-state index in [1.807, 2.05) is 36.4 Å². The lowest BCUT2D eigenvalue weighted by atomic mass is 9.85. The second-order valence-electron chi connectivity index (χ2n) is 12.2. The molecule has 2 aliphatic rings. The second-order valence-corrected chi connectivity index (χ2v) is 12.2. The van der Waals surface area contributed by atoms with Gasteiger partial charge in [0.15, 0.2) is 0 Å². The lowest BCUT2D eigenvalue weighted by molar-refractivity contribution is 0.170. The lowest BCUT2D eigenvalue weighted by Gasteiger charge is -2.28. The lowest BCUT2D eigenvalue weighted by Crippen LogP contribution is -2.30. The molecule has 7 nitrogen and oxygen atoms in total. The van der Waals surface area contributed by atoms with Crippen LogP contribution in [0.1, 0.15) is 30.3 Å². The summed E-state index contributed by atoms with van der Waals surface area (Å²) >= 11 is 0. The monoisotopic (exact) mass is 596 g/mol. The van der Waals surface area contributed by atoms with E-state index >= 15 is 0 Å². The van der Waals surface area contributed by atoms with Crippen LogP contribution in [0.2, 0.25) is 0 Å². The summed E-state index contributed by atoms with van der Waals surface area (Å²) in [4.78, 5) is 10.1. The fraction of sp³-hybridized carbons (Fsp3) is 0.0769. The molecule has 220 valence electrons. The average molecular weight is 597 g/mol. The molecular formula is C39H28N6O. The van der Waals surface area contributed by atoms with Gasteiger partial charge in [0.25, 0.3) is 0 Å². The van der Waals surface area contributed by atoms with Crippen molar-refractivity contribution in [1.29, 1.82) is 0 Å². The van der Waals surface area contributed by atoms with Crippen LogP contribution in [0.15, 0.2) is 116 Å². The van der Waals surface area contributed by atoms with Gasteiger partial charge >= 0.3 is 0 Å². The van der Waals surface area contributed by atoms with Crippen LogP contribution < -0.4 is 4.74 Å². The predicted octanol–water partition coefficient (Wildman–Crippen LogP) is 8.80. The Morgan fingerprint density at radius 2 is 1.35 bits per heavy atom. The number of allylic oxidation sites excluding steroid dienone is 2. The maximum absolute atomic E-state index is 6.69. The summed E-state index contributed by atoms with van der Waals surface area (Å²) in [6.45, 7) is 10.5. The Hall–Kier alpha value is -6.08. The van der Waals surface area contributed by atoms with Crippen molar-refractivity contribution >= 4 is 68.1 Å². The van der Waals surface area contributed by atoms with E-state index < -0.39 is 5.60 Å². The number of hydrogen-bond donors (Lipinski definition) is 0. The van der Waals surface area contributed by atoms with Crippen LogP contribution in [0.4, 0.5) is 0 Å². The molecule has 4 aromatic heterocycles. The van der Waals surface area contributed by atoms with E-state index in [1.54, 1.807) is 0 Å². The highest BCUT2D eigenvalue weighted by atomic mass is 16.5. The van der Waals surface area contributed by atoms with Gasteiger partial charge in [0, 0.05) is 23.3 Å². The highest BCUT2D eigenvalue weighted by Crippen LogP contribution is 2.50. The van der Waals surface area contributed by atoms with E-state index in [9.17, 15) is 0 Å². The normalized spacial score (nSPS) is 17.4. The zero-order valence-corrected chi connectivity index (χ0v) is 25.2. The highest BCUT2D eigenvalue weighted by Gasteiger charge is 2.42. The fourth-order valence-electron chi connectivity index (χ4n) is 7.57. The van der Waals surface area contributed by atoms with Gasteiger partial charge < -0.3 is 4.74 Å². The number of imidazole rings is 4. The molecule has 4 aromatic carbocycles. The van der Waals surface area contributed by atoms with Crippen molar-refractivity contribution in [2.45, 2.75) is 18.9 Å². The smallest absolute Gasteiger partial charge is 0.220 e. The van der Waals surface area contributed by atoms with Gasteiger partial charge in [0.1, 0.15) is 11.4 Å². The Kier molecular flexibility index (Phi) is 4.81. The molecule has 0 saturated carbocycles. The van der Waals surface area contributed by atoms with Gasteiger partial charge in [0.05, 0.1) is 50.2 Å². The van der Waals surface area contributed by atoms with E-state index in [2.05, 4.69) is 117 Å². The van der Waals surface area contributed by atoms with Crippen LogP contribution in [0.25, 0.3) is 73.8 Å². The van der Waals surface area contributed by atoms with Gasteiger partial charge in [-0.3, -0.25) is 17.9 Å². The largest absolute Gasteiger partial charge is 0.482 e. The van der Waals surface area contributed by atoms with Gasteiger partial charge in [0.2, 0.25) is 11.6 Å². The maximum Gasteiger partial charge on any atom is 0.220 e. The van der Waals surface area contributed by atoms with Crippen molar-refractivity contribution in [3.05, 3.63) is 133 Å². The van der Waals surface area contributed by atoms with Crippen molar-refractivity contribution in [2.75, 3.05) is 0 Å². The molecule has 5 heterocycles. The van der Waals surface area contributed by atoms with E-state index in [0.29, 0.717) is 0 Å². The van der Waals surface area contributed by atoms with Crippen molar-refractivity contribution < 1.29 is 4.74 Å². The SMILES string of the molecule is C=Cc1c(C=C)n2c3ccccc3nc2n1-c1ccc2c(c1)C1=CC(n3c4ccccc4n4c5ccccc5nc34)=CCC1(C)O2. The van der Waals surface area contributed by atoms with Crippen molar-refractivity contribution in [1.82, 2.24) is 27.9 Å². The van der Waals surface area contributed by atoms with Crippen LogP contribution in [-0.4, -0.2) is 33.5 Å². The average Bonchev–Trinajstić information content (AvgIpc) is 3.86. The number of hydrogen-bond acceptors (Lipinski definition) is 3. The molecule has 0 radical (unpaired) electrons. The van der Waals surface area contributed by atoms with Crippen LogP contribution >= 0.6 is 0 Å². The molecule has 1 aliphatic heterocycles. The van der Waals surface area contributed by atoms with Crippen LogP contribution in [0.5, 0.6) is 5.75 Å². The van der Waals surface area contributed by atoms with E-state index in [1.165, 1.54) is 0 Å². The second kappa shape index (κ2) is 8.76. The summed E-state index contributed by atoms with van der Waals surface area (Å²) in [5.41, 5.74) is 12.0. The molecule has 0 fully saturated rings. The third-order valence-electron chi connectivity index (χ3n) is 9.65. The number of nitrogens with zero attached hydrogens (tertiary/aromatic N) is 6.